The first-order chi connectivity index (χ1) is 8.63. The standard InChI is InChI=1S/C12H13F2NO2S/c1-17-12(16)8-2-3-9(11(14)10(8)13)15-7-4-5-18-6-7/h2-3,7,15H,4-6H2,1H3. The summed E-state index contributed by atoms with van der Waals surface area (Å²) >= 11 is 1.77. The van der Waals surface area contributed by atoms with Crippen LogP contribution >= 0.6 is 11.8 Å². The van der Waals surface area contributed by atoms with Crippen molar-refractivity contribution in [2.24, 2.45) is 0 Å². The minimum Gasteiger partial charge on any atom is -0.465 e. The Balaban J connectivity index is 2.22. The van der Waals surface area contributed by atoms with Gasteiger partial charge in [0.2, 0.25) is 0 Å². The first-order valence-electron chi connectivity index (χ1n) is 5.54. The number of benzene rings is 1. The van der Waals surface area contributed by atoms with Gasteiger partial charge in [-0.3, -0.25) is 0 Å². The topological polar surface area (TPSA) is 38.3 Å². The zero-order chi connectivity index (χ0) is 13.1. The summed E-state index contributed by atoms with van der Waals surface area (Å²) < 4.78 is 31.8. The first kappa shape index (κ1) is 13.1. The fourth-order valence-corrected chi connectivity index (χ4v) is 2.95. The lowest BCUT2D eigenvalue weighted by Gasteiger charge is -2.14. The Morgan fingerprint density at radius 2 is 2.22 bits per heavy atom. The molecule has 1 aromatic rings. The Morgan fingerprint density at radius 1 is 1.44 bits per heavy atom. The van der Waals surface area contributed by atoms with Gasteiger partial charge in [0, 0.05) is 11.8 Å². The fraction of sp³-hybridized carbons (Fsp3) is 0.417. The number of anilines is 1. The molecule has 0 aromatic heterocycles. The van der Waals surface area contributed by atoms with E-state index < -0.39 is 17.6 Å². The maximum Gasteiger partial charge on any atom is 0.340 e. The number of ether oxygens (including phenoxy) is 1. The summed E-state index contributed by atoms with van der Waals surface area (Å²) in [6, 6.07) is 2.75. The molecule has 0 spiro atoms. The van der Waals surface area contributed by atoms with Crippen molar-refractivity contribution in [3.05, 3.63) is 29.3 Å². The van der Waals surface area contributed by atoms with Crippen LogP contribution in [0.2, 0.25) is 0 Å². The number of esters is 1. The molecule has 1 aliphatic heterocycles. The number of hydrogen-bond donors (Lipinski definition) is 1. The van der Waals surface area contributed by atoms with Crippen LogP contribution in [0.25, 0.3) is 0 Å². The van der Waals surface area contributed by atoms with Crippen molar-refractivity contribution >= 4 is 23.4 Å². The van der Waals surface area contributed by atoms with Gasteiger partial charge in [-0.05, 0) is 24.3 Å². The van der Waals surface area contributed by atoms with E-state index in [0.717, 1.165) is 25.0 Å². The third kappa shape index (κ3) is 2.58. The summed E-state index contributed by atoms with van der Waals surface area (Å²) in [5.74, 6) is -1.19. The third-order valence-electron chi connectivity index (χ3n) is 2.78. The molecule has 1 saturated heterocycles. The molecule has 1 fully saturated rings. The Hall–Kier alpha value is -1.30. The predicted molar refractivity (Wildman–Crippen MR) is 67.1 cm³/mol. The molecule has 1 heterocycles. The van der Waals surface area contributed by atoms with Gasteiger partial charge in [0.1, 0.15) is 0 Å². The Morgan fingerprint density at radius 3 is 2.83 bits per heavy atom. The number of hydrogen-bond acceptors (Lipinski definition) is 4. The van der Waals surface area contributed by atoms with Crippen molar-refractivity contribution in [2.45, 2.75) is 12.5 Å². The van der Waals surface area contributed by atoms with Crippen molar-refractivity contribution in [3.8, 4) is 0 Å². The number of methoxy groups -OCH3 is 1. The molecule has 1 atom stereocenters. The van der Waals surface area contributed by atoms with Crippen molar-refractivity contribution in [1.29, 1.82) is 0 Å². The highest BCUT2D eigenvalue weighted by Gasteiger charge is 2.22. The molecule has 0 radical (unpaired) electrons. The number of carbonyl (C=O) groups is 1. The van der Waals surface area contributed by atoms with Crippen LogP contribution in [0.1, 0.15) is 16.8 Å². The molecule has 1 aromatic carbocycles. The minimum atomic E-state index is -1.17. The number of carbonyl (C=O) groups excluding carboxylic acids is 1. The molecular formula is C12H13F2NO2S. The van der Waals surface area contributed by atoms with Gasteiger partial charge in [-0.1, -0.05) is 0 Å². The molecule has 6 heteroatoms. The lowest BCUT2D eigenvalue weighted by Crippen LogP contribution is -2.19. The highest BCUT2D eigenvalue weighted by Crippen LogP contribution is 2.25. The maximum atomic E-state index is 13.8. The molecule has 1 aliphatic rings. The van der Waals surface area contributed by atoms with Crippen LogP contribution in [0, 0.1) is 11.6 Å². The van der Waals surface area contributed by atoms with Crippen LogP contribution in [0.5, 0.6) is 0 Å². The quantitative estimate of drug-likeness (QED) is 0.859. The van der Waals surface area contributed by atoms with Crippen molar-refractivity contribution in [3.63, 3.8) is 0 Å². The van der Waals surface area contributed by atoms with Crippen LogP contribution in [-0.4, -0.2) is 30.6 Å². The molecule has 0 bridgehead atoms. The van der Waals surface area contributed by atoms with Crippen LogP contribution in [0.3, 0.4) is 0 Å². The molecule has 3 nitrogen and oxygen atoms in total. The smallest absolute Gasteiger partial charge is 0.340 e. The zero-order valence-corrected chi connectivity index (χ0v) is 10.7. The first-order valence-corrected chi connectivity index (χ1v) is 6.69. The monoisotopic (exact) mass is 273 g/mol. The second-order valence-electron chi connectivity index (χ2n) is 3.99. The van der Waals surface area contributed by atoms with Crippen molar-refractivity contribution < 1.29 is 18.3 Å². The van der Waals surface area contributed by atoms with Crippen LogP contribution in [0.15, 0.2) is 12.1 Å². The van der Waals surface area contributed by atoms with E-state index in [0.29, 0.717) is 0 Å². The second kappa shape index (κ2) is 5.56. The number of halogens is 2. The van der Waals surface area contributed by atoms with Gasteiger partial charge in [-0.2, -0.15) is 11.8 Å². The fourth-order valence-electron chi connectivity index (χ4n) is 1.80. The summed E-state index contributed by atoms with van der Waals surface area (Å²) in [6.07, 6.45) is 0.921. The van der Waals surface area contributed by atoms with Crippen LogP contribution < -0.4 is 5.32 Å². The summed E-state index contributed by atoms with van der Waals surface area (Å²) in [5, 5.41) is 2.95. The predicted octanol–water partition coefficient (Wildman–Crippen LogP) is 2.67. The van der Waals surface area contributed by atoms with Gasteiger partial charge in [0.25, 0.3) is 0 Å². The molecule has 18 heavy (non-hydrogen) atoms. The van der Waals surface area contributed by atoms with Gasteiger partial charge in [-0.15, -0.1) is 0 Å². The molecule has 0 aliphatic carbocycles. The highest BCUT2D eigenvalue weighted by atomic mass is 32.2. The van der Waals surface area contributed by atoms with E-state index in [9.17, 15) is 13.6 Å². The number of thioether (sulfide) groups is 1. The Labute approximate surface area is 108 Å². The van der Waals surface area contributed by atoms with Crippen molar-refractivity contribution in [1.82, 2.24) is 0 Å². The summed E-state index contributed by atoms with van der Waals surface area (Å²) in [5.41, 5.74) is -0.297. The van der Waals surface area contributed by atoms with Crippen LogP contribution in [-0.2, 0) is 4.74 Å². The second-order valence-corrected chi connectivity index (χ2v) is 5.13. The SMILES string of the molecule is COC(=O)c1ccc(NC2CCSC2)c(F)c1F. The number of nitrogens with one attached hydrogen (secondary N) is 1. The molecular weight excluding hydrogens is 260 g/mol. The van der Waals surface area contributed by atoms with E-state index in [1.165, 1.54) is 12.1 Å². The summed E-state index contributed by atoms with van der Waals surface area (Å²) in [4.78, 5) is 11.2. The lowest BCUT2D eigenvalue weighted by atomic mass is 10.1. The molecule has 2 rings (SSSR count). The van der Waals surface area contributed by atoms with E-state index in [4.69, 9.17) is 0 Å². The van der Waals surface area contributed by atoms with E-state index in [2.05, 4.69) is 10.1 Å². The summed E-state index contributed by atoms with van der Waals surface area (Å²) in [7, 11) is 1.13. The average molecular weight is 273 g/mol. The van der Waals surface area contributed by atoms with Gasteiger partial charge in [-0.25, -0.2) is 13.6 Å². The maximum absolute atomic E-state index is 13.8. The van der Waals surface area contributed by atoms with E-state index in [-0.39, 0.29) is 17.3 Å². The van der Waals surface area contributed by atoms with Gasteiger partial charge in [0.15, 0.2) is 11.6 Å². The third-order valence-corrected chi connectivity index (χ3v) is 3.94. The van der Waals surface area contributed by atoms with Gasteiger partial charge >= 0.3 is 5.97 Å². The minimum absolute atomic E-state index is 0.0904. The number of rotatable bonds is 3. The van der Waals surface area contributed by atoms with Crippen molar-refractivity contribution in [2.75, 3.05) is 23.9 Å². The molecule has 0 amide bonds. The average Bonchev–Trinajstić information content (AvgIpc) is 2.87. The van der Waals surface area contributed by atoms with Gasteiger partial charge < -0.3 is 10.1 Å². The normalized spacial score (nSPS) is 18.7. The molecule has 1 N–H and O–H groups in total. The zero-order valence-electron chi connectivity index (χ0n) is 9.83. The van der Waals surface area contributed by atoms with Gasteiger partial charge in [0.05, 0.1) is 18.4 Å². The van der Waals surface area contributed by atoms with E-state index in [1.54, 1.807) is 11.8 Å². The Kier molecular flexibility index (Phi) is 4.06. The highest BCUT2D eigenvalue weighted by molar-refractivity contribution is 7.99. The Bertz CT molecular complexity index is 462. The van der Waals surface area contributed by atoms with E-state index >= 15 is 0 Å². The molecule has 98 valence electrons. The van der Waals surface area contributed by atoms with E-state index in [1.807, 2.05) is 0 Å². The summed E-state index contributed by atoms with van der Waals surface area (Å²) in [6.45, 7) is 0. The lowest BCUT2D eigenvalue weighted by molar-refractivity contribution is 0.0594. The largest absolute Gasteiger partial charge is 0.465 e. The molecule has 0 saturated carbocycles. The van der Waals surface area contributed by atoms with Crippen LogP contribution in [0.4, 0.5) is 14.5 Å². The molecule has 1 unspecified atom stereocenters.